The third-order valence-electron chi connectivity index (χ3n) is 5.19. The van der Waals surface area contributed by atoms with Crippen molar-refractivity contribution in [1.82, 2.24) is 19.3 Å². The first-order valence-electron chi connectivity index (χ1n) is 9.41. The van der Waals surface area contributed by atoms with Crippen LogP contribution in [0.2, 0.25) is 0 Å². The number of aliphatic hydroxyl groups is 1. The van der Waals surface area contributed by atoms with Crippen molar-refractivity contribution in [2.45, 2.75) is 18.7 Å². The normalized spacial score (nSPS) is 15.7. The van der Waals surface area contributed by atoms with Crippen molar-refractivity contribution >= 4 is 23.3 Å². The molecule has 1 aliphatic rings. The Labute approximate surface area is 173 Å². The minimum atomic E-state index is -0.783. The second kappa shape index (κ2) is 7.35. The number of benzene rings is 1. The molecule has 1 aromatic carbocycles. The van der Waals surface area contributed by atoms with Gasteiger partial charge in [-0.15, -0.1) is 11.6 Å². The van der Waals surface area contributed by atoms with Gasteiger partial charge in [0.05, 0.1) is 12.2 Å². The summed E-state index contributed by atoms with van der Waals surface area (Å²) in [5.74, 6) is 0.463. The lowest BCUT2D eigenvalue weighted by Crippen LogP contribution is -2.26. The van der Waals surface area contributed by atoms with E-state index in [4.69, 9.17) is 11.6 Å². The van der Waals surface area contributed by atoms with E-state index in [2.05, 4.69) is 22.1 Å². The number of aromatic nitrogens is 3. The van der Waals surface area contributed by atoms with Gasteiger partial charge in [-0.3, -0.25) is 4.98 Å². The van der Waals surface area contributed by atoms with Crippen LogP contribution in [0.3, 0.4) is 0 Å². The molecule has 1 N–H and O–H groups in total. The first-order valence-corrected chi connectivity index (χ1v) is 9.94. The Morgan fingerprint density at radius 3 is 2.72 bits per heavy atom. The number of alkyl halides is 1. The van der Waals surface area contributed by atoms with Crippen molar-refractivity contribution in [2.75, 3.05) is 0 Å². The molecule has 0 saturated carbocycles. The first kappa shape index (κ1) is 17.9. The number of nitrogens with zero attached hydrogens (tertiary/aromatic N) is 4. The van der Waals surface area contributed by atoms with Crippen LogP contribution in [-0.4, -0.2) is 24.4 Å². The van der Waals surface area contributed by atoms with E-state index in [0.717, 1.165) is 39.2 Å². The molecule has 6 heteroatoms. The fraction of sp³-hybridized carbons (Fsp3) is 0.130. The van der Waals surface area contributed by atoms with Crippen molar-refractivity contribution in [3.8, 4) is 11.1 Å². The van der Waals surface area contributed by atoms with Crippen LogP contribution in [0.4, 0.5) is 0 Å². The lowest BCUT2D eigenvalue weighted by molar-refractivity contribution is 0.0287. The SMILES string of the molecule is OC1c2cncc(-c3ccccc3)c2C=CN1Cc1cn2cc(CCl)ccc2n1. The maximum Gasteiger partial charge on any atom is 0.155 e. The average Bonchev–Trinajstić information content (AvgIpc) is 3.17. The van der Waals surface area contributed by atoms with E-state index in [1.165, 1.54) is 0 Å². The summed E-state index contributed by atoms with van der Waals surface area (Å²) in [6, 6.07) is 14.0. The molecule has 5 nitrogen and oxygen atoms in total. The predicted molar refractivity (Wildman–Crippen MR) is 114 cm³/mol. The van der Waals surface area contributed by atoms with Gasteiger partial charge in [-0.25, -0.2) is 4.98 Å². The van der Waals surface area contributed by atoms with Gasteiger partial charge in [-0.2, -0.15) is 0 Å². The van der Waals surface area contributed by atoms with Crippen LogP contribution in [0.15, 0.2) is 73.5 Å². The van der Waals surface area contributed by atoms with Gasteiger partial charge in [0.1, 0.15) is 5.65 Å². The van der Waals surface area contributed by atoms with Crippen LogP contribution < -0.4 is 0 Å². The van der Waals surface area contributed by atoms with Crippen LogP contribution >= 0.6 is 11.6 Å². The maximum atomic E-state index is 11.0. The zero-order chi connectivity index (χ0) is 19.8. The Bertz CT molecular complexity index is 1200. The Kier molecular flexibility index (Phi) is 4.54. The molecule has 0 bridgehead atoms. The van der Waals surface area contributed by atoms with Crippen LogP contribution in [-0.2, 0) is 12.4 Å². The number of imidazole rings is 1. The standard InChI is InChI=1S/C23H19ClN4O/c24-10-16-6-7-22-26-18(15-28(22)13-16)14-27-9-8-19-20(17-4-2-1-3-5-17)11-25-12-21(19)23(27)29/h1-9,11-13,15,23,29H,10,14H2. The van der Waals surface area contributed by atoms with Crippen molar-refractivity contribution in [2.24, 2.45) is 0 Å². The van der Waals surface area contributed by atoms with E-state index in [1.54, 1.807) is 6.20 Å². The fourth-order valence-corrected chi connectivity index (χ4v) is 3.89. The van der Waals surface area contributed by atoms with Gasteiger partial charge in [0.2, 0.25) is 0 Å². The summed E-state index contributed by atoms with van der Waals surface area (Å²) in [6.45, 7) is 0.491. The highest BCUT2D eigenvalue weighted by Crippen LogP contribution is 2.35. The Morgan fingerprint density at radius 2 is 1.90 bits per heavy atom. The molecule has 0 aliphatic carbocycles. The molecule has 3 aromatic heterocycles. The highest BCUT2D eigenvalue weighted by Gasteiger charge is 2.24. The molecule has 0 radical (unpaired) electrons. The molecule has 1 aliphatic heterocycles. The van der Waals surface area contributed by atoms with Crippen LogP contribution in [0.1, 0.15) is 28.6 Å². The molecule has 4 aromatic rings. The number of rotatable bonds is 4. The molecule has 4 heterocycles. The summed E-state index contributed by atoms with van der Waals surface area (Å²) in [6.07, 6.45) is 10.7. The maximum absolute atomic E-state index is 11.0. The molecule has 5 rings (SSSR count). The largest absolute Gasteiger partial charge is 0.369 e. The van der Waals surface area contributed by atoms with Crippen LogP contribution in [0.25, 0.3) is 22.9 Å². The Morgan fingerprint density at radius 1 is 1.03 bits per heavy atom. The number of aliphatic hydroxyl groups excluding tert-OH is 1. The lowest BCUT2D eigenvalue weighted by atomic mass is 9.95. The summed E-state index contributed by atoms with van der Waals surface area (Å²) in [5, 5.41) is 11.0. The minimum absolute atomic E-state index is 0.463. The molecular weight excluding hydrogens is 384 g/mol. The van der Waals surface area contributed by atoms with Gasteiger partial charge in [-0.1, -0.05) is 36.4 Å². The van der Waals surface area contributed by atoms with Crippen LogP contribution in [0, 0.1) is 0 Å². The first-order chi connectivity index (χ1) is 14.2. The van der Waals surface area contributed by atoms with E-state index >= 15 is 0 Å². The summed E-state index contributed by atoms with van der Waals surface area (Å²) in [5.41, 5.74) is 6.65. The zero-order valence-electron chi connectivity index (χ0n) is 15.6. The highest BCUT2D eigenvalue weighted by atomic mass is 35.5. The van der Waals surface area contributed by atoms with Crippen molar-refractivity contribution in [3.63, 3.8) is 0 Å². The van der Waals surface area contributed by atoms with Crippen molar-refractivity contribution in [1.29, 1.82) is 0 Å². The van der Waals surface area contributed by atoms with Gasteiger partial charge in [-0.05, 0) is 28.8 Å². The van der Waals surface area contributed by atoms with Gasteiger partial charge >= 0.3 is 0 Å². The second-order valence-electron chi connectivity index (χ2n) is 7.09. The van der Waals surface area contributed by atoms with E-state index in [0.29, 0.717) is 12.4 Å². The number of halogens is 1. The van der Waals surface area contributed by atoms with E-state index in [9.17, 15) is 5.11 Å². The van der Waals surface area contributed by atoms with Crippen molar-refractivity contribution in [3.05, 3.63) is 95.8 Å². The molecule has 29 heavy (non-hydrogen) atoms. The number of pyridine rings is 2. The Hall–Kier alpha value is -3.15. The van der Waals surface area contributed by atoms with Gasteiger partial charge < -0.3 is 14.4 Å². The van der Waals surface area contributed by atoms with Gasteiger partial charge in [0, 0.05) is 48.0 Å². The number of fused-ring (bicyclic) bond motifs is 2. The van der Waals surface area contributed by atoms with Gasteiger partial charge in [0.25, 0.3) is 0 Å². The summed E-state index contributed by atoms with van der Waals surface area (Å²) in [4.78, 5) is 10.9. The quantitative estimate of drug-likeness (QED) is 0.506. The fourth-order valence-electron chi connectivity index (χ4n) is 3.73. The average molecular weight is 403 g/mol. The molecule has 144 valence electrons. The monoisotopic (exact) mass is 402 g/mol. The minimum Gasteiger partial charge on any atom is -0.369 e. The lowest BCUT2D eigenvalue weighted by Gasteiger charge is -2.31. The molecule has 0 amide bonds. The second-order valence-corrected chi connectivity index (χ2v) is 7.35. The third kappa shape index (κ3) is 3.28. The topological polar surface area (TPSA) is 53.7 Å². The molecule has 0 saturated heterocycles. The zero-order valence-corrected chi connectivity index (χ0v) is 16.4. The van der Waals surface area contributed by atoms with E-state index in [1.807, 2.05) is 70.5 Å². The molecule has 1 unspecified atom stereocenters. The summed E-state index contributed by atoms with van der Waals surface area (Å²) >= 11 is 5.92. The number of hydrogen-bond donors (Lipinski definition) is 1. The molecule has 1 atom stereocenters. The Balaban J connectivity index is 1.45. The van der Waals surface area contributed by atoms with Gasteiger partial charge in [0.15, 0.2) is 6.23 Å². The van der Waals surface area contributed by atoms with E-state index in [-0.39, 0.29) is 0 Å². The smallest absolute Gasteiger partial charge is 0.155 e. The van der Waals surface area contributed by atoms with E-state index < -0.39 is 6.23 Å². The molecule has 0 spiro atoms. The van der Waals surface area contributed by atoms with Crippen LogP contribution in [0.5, 0.6) is 0 Å². The summed E-state index contributed by atoms with van der Waals surface area (Å²) < 4.78 is 1.97. The highest BCUT2D eigenvalue weighted by molar-refractivity contribution is 6.17. The van der Waals surface area contributed by atoms with Crippen molar-refractivity contribution < 1.29 is 5.11 Å². The third-order valence-corrected chi connectivity index (χ3v) is 5.50. The molecule has 0 fully saturated rings. The predicted octanol–water partition coefficient (Wildman–Crippen LogP) is 4.61. The number of hydrogen-bond acceptors (Lipinski definition) is 4. The molecular formula is C23H19ClN4O. The summed E-state index contributed by atoms with van der Waals surface area (Å²) in [7, 11) is 0.